The van der Waals surface area contributed by atoms with Crippen LogP contribution in [0.25, 0.3) is 0 Å². The van der Waals surface area contributed by atoms with Crippen LogP contribution in [0.3, 0.4) is 0 Å². The lowest BCUT2D eigenvalue weighted by molar-refractivity contribution is -0.129. The average molecular weight is 150 g/mol. The molecule has 0 N–H and O–H groups in total. The molecule has 2 rings (SSSR count). The molecule has 0 unspecified atom stereocenters. The highest BCUT2D eigenvalue weighted by Crippen LogP contribution is 2.41. The fraction of sp³-hybridized carbons (Fsp3) is 0.700. The zero-order chi connectivity index (χ0) is 8.01. The largest absolute Gasteiger partial charge is 0.299 e. The molecule has 0 aromatic carbocycles. The lowest BCUT2D eigenvalue weighted by Crippen LogP contribution is -2.33. The van der Waals surface area contributed by atoms with Gasteiger partial charge in [0.1, 0.15) is 5.78 Å². The summed E-state index contributed by atoms with van der Waals surface area (Å²) in [6.07, 6.45) is 5.42. The molecule has 2 bridgehead atoms. The predicted octanol–water partition coefficient (Wildman–Crippen LogP) is 2.03. The van der Waals surface area contributed by atoms with Gasteiger partial charge in [-0.1, -0.05) is 26.0 Å². The third-order valence-electron chi connectivity index (χ3n) is 3.39. The number of carbonyl (C=O) groups is 1. The molecule has 1 saturated carbocycles. The van der Waals surface area contributed by atoms with Crippen LogP contribution >= 0.6 is 0 Å². The monoisotopic (exact) mass is 150 g/mol. The summed E-state index contributed by atoms with van der Waals surface area (Å²) < 4.78 is 0. The van der Waals surface area contributed by atoms with E-state index in [9.17, 15) is 4.79 Å². The lowest BCUT2D eigenvalue weighted by atomic mass is 9.72. The Bertz CT molecular complexity index is 217. The fourth-order valence-electron chi connectivity index (χ4n) is 2.30. The molecule has 11 heavy (non-hydrogen) atoms. The average Bonchev–Trinajstić information content (AvgIpc) is 2.44. The Morgan fingerprint density at radius 1 is 1.36 bits per heavy atom. The van der Waals surface area contributed by atoms with Crippen molar-refractivity contribution in [3.8, 4) is 0 Å². The third kappa shape index (κ3) is 0.867. The maximum absolute atomic E-state index is 11.5. The molecule has 0 heterocycles. The van der Waals surface area contributed by atoms with E-state index in [1.165, 1.54) is 0 Å². The second kappa shape index (κ2) is 2.20. The number of ketones is 1. The standard InChI is InChI=1S/C10H14O/c1-6-7(2)10(11)9-4-3-8(6)5-9/h3-4,6-9H,5H2,1-2H3/t6-,7-,8+,9-/m1/s1. The van der Waals surface area contributed by atoms with Crippen LogP contribution in [-0.4, -0.2) is 5.78 Å². The van der Waals surface area contributed by atoms with E-state index in [4.69, 9.17) is 0 Å². The number of hydrogen-bond acceptors (Lipinski definition) is 1. The van der Waals surface area contributed by atoms with Crippen LogP contribution in [0.5, 0.6) is 0 Å². The smallest absolute Gasteiger partial charge is 0.142 e. The van der Waals surface area contributed by atoms with Crippen LogP contribution in [0.4, 0.5) is 0 Å². The van der Waals surface area contributed by atoms with Gasteiger partial charge >= 0.3 is 0 Å². The maximum Gasteiger partial charge on any atom is 0.142 e. The Balaban J connectivity index is 2.29. The van der Waals surface area contributed by atoms with Gasteiger partial charge in [-0.2, -0.15) is 0 Å². The molecular formula is C10H14O. The first kappa shape index (κ1) is 7.08. The van der Waals surface area contributed by atoms with E-state index in [2.05, 4.69) is 26.0 Å². The van der Waals surface area contributed by atoms with Crippen LogP contribution in [0.1, 0.15) is 20.3 Å². The van der Waals surface area contributed by atoms with Crippen molar-refractivity contribution in [2.75, 3.05) is 0 Å². The first-order chi connectivity index (χ1) is 5.20. The number of allylic oxidation sites excluding steroid dienone is 2. The van der Waals surface area contributed by atoms with Crippen molar-refractivity contribution >= 4 is 5.78 Å². The molecule has 60 valence electrons. The van der Waals surface area contributed by atoms with Gasteiger partial charge in [-0.05, 0) is 18.3 Å². The fourth-order valence-corrected chi connectivity index (χ4v) is 2.30. The second-order valence-electron chi connectivity index (χ2n) is 3.94. The third-order valence-corrected chi connectivity index (χ3v) is 3.39. The van der Waals surface area contributed by atoms with Gasteiger partial charge in [0.2, 0.25) is 0 Å². The SMILES string of the molecule is C[C@H]1[C@H]2C=C[C@H](C2)C(=O)[C@@H]1C. The highest BCUT2D eigenvalue weighted by Gasteiger charge is 2.39. The topological polar surface area (TPSA) is 17.1 Å². The number of rotatable bonds is 0. The molecule has 1 fully saturated rings. The van der Waals surface area contributed by atoms with Crippen molar-refractivity contribution in [2.24, 2.45) is 23.7 Å². The summed E-state index contributed by atoms with van der Waals surface area (Å²) in [6.45, 7) is 4.26. The van der Waals surface area contributed by atoms with Crippen molar-refractivity contribution < 1.29 is 4.79 Å². The molecular weight excluding hydrogens is 136 g/mol. The molecule has 0 aromatic heterocycles. The van der Waals surface area contributed by atoms with E-state index in [0.717, 1.165) is 6.42 Å². The first-order valence-electron chi connectivity index (χ1n) is 4.42. The van der Waals surface area contributed by atoms with E-state index in [1.807, 2.05) is 0 Å². The van der Waals surface area contributed by atoms with E-state index in [0.29, 0.717) is 17.6 Å². The molecule has 0 saturated heterocycles. The molecule has 0 aliphatic heterocycles. The van der Waals surface area contributed by atoms with Gasteiger partial charge in [0.25, 0.3) is 0 Å². The van der Waals surface area contributed by atoms with Crippen molar-refractivity contribution in [3.05, 3.63) is 12.2 Å². The van der Waals surface area contributed by atoms with E-state index in [-0.39, 0.29) is 11.8 Å². The van der Waals surface area contributed by atoms with Crippen molar-refractivity contribution in [3.63, 3.8) is 0 Å². The quantitative estimate of drug-likeness (QED) is 0.483. The maximum atomic E-state index is 11.5. The van der Waals surface area contributed by atoms with Gasteiger partial charge in [0, 0.05) is 11.8 Å². The minimum absolute atomic E-state index is 0.270. The summed E-state index contributed by atoms with van der Waals surface area (Å²) in [6, 6.07) is 0. The summed E-state index contributed by atoms with van der Waals surface area (Å²) in [5, 5.41) is 0. The van der Waals surface area contributed by atoms with Crippen LogP contribution in [-0.2, 0) is 4.79 Å². The Morgan fingerprint density at radius 3 is 2.82 bits per heavy atom. The van der Waals surface area contributed by atoms with Crippen LogP contribution in [0.15, 0.2) is 12.2 Å². The van der Waals surface area contributed by atoms with Crippen LogP contribution in [0.2, 0.25) is 0 Å². The summed E-state index contributed by atoms with van der Waals surface area (Å²) in [5.41, 5.74) is 0. The van der Waals surface area contributed by atoms with E-state index >= 15 is 0 Å². The molecule has 0 spiro atoms. The number of fused-ring (bicyclic) bond motifs is 2. The molecule has 2 aliphatic carbocycles. The van der Waals surface area contributed by atoms with Crippen molar-refractivity contribution in [2.45, 2.75) is 20.3 Å². The zero-order valence-corrected chi connectivity index (χ0v) is 7.08. The lowest BCUT2D eigenvalue weighted by Gasteiger charge is -2.30. The minimum Gasteiger partial charge on any atom is -0.299 e. The van der Waals surface area contributed by atoms with E-state index < -0.39 is 0 Å². The summed E-state index contributed by atoms with van der Waals surface area (Å²) in [7, 11) is 0. The minimum atomic E-state index is 0.270. The number of Topliss-reactive ketones (excluding diaryl/α,β-unsaturated/α-hetero) is 1. The van der Waals surface area contributed by atoms with Crippen LogP contribution in [0, 0.1) is 23.7 Å². The second-order valence-corrected chi connectivity index (χ2v) is 3.94. The Hall–Kier alpha value is -0.590. The first-order valence-corrected chi connectivity index (χ1v) is 4.42. The van der Waals surface area contributed by atoms with Gasteiger partial charge in [-0.25, -0.2) is 0 Å². The normalized spacial score (nSPS) is 48.4. The molecule has 0 radical (unpaired) electrons. The Kier molecular flexibility index (Phi) is 1.41. The summed E-state index contributed by atoms with van der Waals surface area (Å²) in [5.74, 6) is 2.27. The molecule has 4 atom stereocenters. The van der Waals surface area contributed by atoms with Gasteiger partial charge in [0.05, 0.1) is 0 Å². The van der Waals surface area contributed by atoms with Gasteiger partial charge in [0.15, 0.2) is 0 Å². The summed E-state index contributed by atoms with van der Waals surface area (Å²) >= 11 is 0. The molecule has 1 heteroatoms. The van der Waals surface area contributed by atoms with Crippen molar-refractivity contribution in [1.82, 2.24) is 0 Å². The van der Waals surface area contributed by atoms with Crippen molar-refractivity contribution in [1.29, 1.82) is 0 Å². The highest BCUT2D eigenvalue weighted by molar-refractivity contribution is 5.86. The van der Waals surface area contributed by atoms with Gasteiger partial charge in [-0.15, -0.1) is 0 Å². The Labute approximate surface area is 67.5 Å². The van der Waals surface area contributed by atoms with Gasteiger partial charge in [-0.3, -0.25) is 4.79 Å². The highest BCUT2D eigenvalue weighted by atomic mass is 16.1. The van der Waals surface area contributed by atoms with Crippen LogP contribution < -0.4 is 0 Å². The molecule has 0 aromatic rings. The Morgan fingerprint density at radius 2 is 2.09 bits per heavy atom. The molecule has 1 nitrogen and oxygen atoms in total. The molecule has 0 amide bonds. The molecule has 2 aliphatic rings. The van der Waals surface area contributed by atoms with Gasteiger partial charge < -0.3 is 0 Å². The predicted molar refractivity (Wildman–Crippen MR) is 44.1 cm³/mol. The zero-order valence-electron chi connectivity index (χ0n) is 7.08. The number of carbonyl (C=O) groups excluding carboxylic acids is 1. The number of hydrogen-bond donors (Lipinski definition) is 0. The van der Waals surface area contributed by atoms with E-state index in [1.54, 1.807) is 0 Å². The summed E-state index contributed by atoms with van der Waals surface area (Å²) in [4.78, 5) is 11.5.